The van der Waals surface area contributed by atoms with Crippen molar-refractivity contribution in [2.45, 2.75) is 38.8 Å². The second-order valence-corrected chi connectivity index (χ2v) is 5.76. The molecular weight excluding hydrogens is 262 g/mol. The first kappa shape index (κ1) is 16.7. The van der Waals surface area contributed by atoms with Crippen molar-refractivity contribution in [3.8, 4) is 0 Å². The van der Waals surface area contributed by atoms with Crippen molar-refractivity contribution in [1.82, 2.24) is 10.2 Å². The summed E-state index contributed by atoms with van der Waals surface area (Å²) in [5.74, 6) is -0.0979. The fourth-order valence-electron chi connectivity index (χ4n) is 1.79. The van der Waals surface area contributed by atoms with Crippen molar-refractivity contribution in [2.24, 2.45) is 5.73 Å². The number of rotatable bonds is 4. The first-order chi connectivity index (χ1) is 9.29. The van der Waals surface area contributed by atoms with E-state index in [0.717, 1.165) is 0 Å². The predicted molar refractivity (Wildman–Crippen MR) is 74.2 cm³/mol. The minimum Gasteiger partial charge on any atom is -0.444 e. The zero-order valence-corrected chi connectivity index (χ0v) is 12.5. The van der Waals surface area contributed by atoms with E-state index in [9.17, 15) is 9.59 Å². The summed E-state index contributed by atoms with van der Waals surface area (Å²) in [7, 11) is 0. The van der Waals surface area contributed by atoms with E-state index in [-0.39, 0.29) is 5.91 Å². The second-order valence-electron chi connectivity index (χ2n) is 5.76. The van der Waals surface area contributed by atoms with E-state index in [1.165, 1.54) is 0 Å². The fraction of sp³-hybridized carbons (Fsp3) is 0.846. The number of amides is 2. The van der Waals surface area contributed by atoms with Gasteiger partial charge in [0, 0.05) is 19.6 Å². The molecule has 1 fully saturated rings. The molecule has 1 saturated heterocycles. The largest absolute Gasteiger partial charge is 0.444 e. The topological polar surface area (TPSA) is 93.9 Å². The van der Waals surface area contributed by atoms with E-state index in [2.05, 4.69) is 5.32 Å². The van der Waals surface area contributed by atoms with Crippen molar-refractivity contribution in [3.05, 3.63) is 0 Å². The number of nitrogens with two attached hydrogens (primary N) is 1. The van der Waals surface area contributed by atoms with Gasteiger partial charge in [0.2, 0.25) is 5.91 Å². The van der Waals surface area contributed by atoms with Crippen molar-refractivity contribution < 1.29 is 19.1 Å². The number of morpholine rings is 1. The SMILES string of the molecule is CC(C)(C)OC(=O)NCC[C@H](N)C(=O)N1CCOCC1. The van der Waals surface area contributed by atoms with Crippen molar-refractivity contribution in [3.63, 3.8) is 0 Å². The smallest absolute Gasteiger partial charge is 0.407 e. The van der Waals surface area contributed by atoms with Crippen LogP contribution in [0.1, 0.15) is 27.2 Å². The Morgan fingerprint density at radius 2 is 1.95 bits per heavy atom. The Morgan fingerprint density at radius 1 is 1.35 bits per heavy atom. The van der Waals surface area contributed by atoms with Gasteiger partial charge in [0.15, 0.2) is 0 Å². The van der Waals surface area contributed by atoms with E-state index in [4.69, 9.17) is 15.2 Å². The zero-order valence-electron chi connectivity index (χ0n) is 12.5. The molecule has 116 valence electrons. The molecule has 7 nitrogen and oxygen atoms in total. The van der Waals surface area contributed by atoms with Crippen LogP contribution >= 0.6 is 0 Å². The van der Waals surface area contributed by atoms with E-state index in [1.54, 1.807) is 25.7 Å². The molecule has 0 aromatic carbocycles. The number of hydrogen-bond donors (Lipinski definition) is 2. The monoisotopic (exact) mass is 287 g/mol. The van der Waals surface area contributed by atoms with E-state index in [1.807, 2.05) is 0 Å². The highest BCUT2D eigenvalue weighted by atomic mass is 16.6. The average Bonchev–Trinajstić information content (AvgIpc) is 2.36. The van der Waals surface area contributed by atoms with E-state index < -0.39 is 17.7 Å². The van der Waals surface area contributed by atoms with Gasteiger partial charge in [-0.25, -0.2) is 4.79 Å². The molecule has 0 aliphatic carbocycles. The van der Waals surface area contributed by atoms with Crippen LogP contribution in [0, 0.1) is 0 Å². The molecule has 1 aliphatic heterocycles. The Labute approximate surface area is 119 Å². The van der Waals surface area contributed by atoms with Crippen LogP contribution in [0.4, 0.5) is 4.79 Å². The molecule has 0 bridgehead atoms. The quantitative estimate of drug-likeness (QED) is 0.764. The minimum absolute atomic E-state index is 0.0979. The lowest BCUT2D eigenvalue weighted by atomic mass is 10.2. The van der Waals surface area contributed by atoms with Gasteiger partial charge < -0.3 is 25.4 Å². The molecule has 0 unspecified atom stereocenters. The van der Waals surface area contributed by atoms with Gasteiger partial charge in [-0.2, -0.15) is 0 Å². The van der Waals surface area contributed by atoms with Gasteiger partial charge in [0.1, 0.15) is 5.60 Å². The Balaban J connectivity index is 2.23. The van der Waals surface area contributed by atoms with Gasteiger partial charge in [-0.05, 0) is 27.2 Å². The van der Waals surface area contributed by atoms with Gasteiger partial charge in [-0.1, -0.05) is 0 Å². The predicted octanol–water partition coefficient (Wildman–Crippen LogP) is 0.0873. The molecule has 0 aromatic rings. The summed E-state index contributed by atoms with van der Waals surface area (Å²) >= 11 is 0. The lowest BCUT2D eigenvalue weighted by molar-refractivity contribution is -0.136. The highest BCUT2D eigenvalue weighted by Gasteiger charge is 2.23. The molecule has 1 rings (SSSR count). The summed E-state index contributed by atoms with van der Waals surface area (Å²) in [5, 5.41) is 2.59. The molecule has 0 radical (unpaired) electrons. The van der Waals surface area contributed by atoms with Gasteiger partial charge >= 0.3 is 6.09 Å². The van der Waals surface area contributed by atoms with Crippen LogP contribution in [-0.4, -0.2) is 61.4 Å². The van der Waals surface area contributed by atoms with E-state index in [0.29, 0.717) is 39.3 Å². The van der Waals surface area contributed by atoms with Gasteiger partial charge in [0.25, 0.3) is 0 Å². The Hall–Kier alpha value is -1.34. The molecule has 1 aliphatic rings. The molecule has 0 aromatic heterocycles. The van der Waals surface area contributed by atoms with Crippen LogP contribution in [0.5, 0.6) is 0 Å². The molecule has 7 heteroatoms. The lowest BCUT2D eigenvalue weighted by Crippen LogP contribution is -2.49. The number of ether oxygens (including phenoxy) is 2. The third-order valence-corrected chi connectivity index (χ3v) is 2.76. The molecule has 1 heterocycles. The van der Waals surface area contributed by atoms with Gasteiger partial charge in [-0.15, -0.1) is 0 Å². The zero-order chi connectivity index (χ0) is 15.2. The van der Waals surface area contributed by atoms with Crippen LogP contribution in [0.2, 0.25) is 0 Å². The highest BCUT2D eigenvalue weighted by molar-refractivity contribution is 5.81. The lowest BCUT2D eigenvalue weighted by Gasteiger charge is -2.29. The van der Waals surface area contributed by atoms with Crippen LogP contribution in [0.25, 0.3) is 0 Å². The first-order valence-electron chi connectivity index (χ1n) is 6.88. The highest BCUT2D eigenvalue weighted by Crippen LogP contribution is 2.06. The number of nitrogens with one attached hydrogen (secondary N) is 1. The maximum absolute atomic E-state index is 12.0. The first-order valence-corrected chi connectivity index (χ1v) is 6.88. The summed E-state index contributed by atoms with van der Waals surface area (Å²) in [6.07, 6.45) is -0.112. The number of carbonyl (C=O) groups excluding carboxylic acids is 2. The standard InChI is InChI=1S/C13H25N3O4/c1-13(2,3)20-12(18)15-5-4-10(14)11(17)16-6-8-19-9-7-16/h10H,4-9,14H2,1-3H3,(H,15,18)/t10-/m0/s1. The van der Waals surface area contributed by atoms with Crippen molar-refractivity contribution >= 4 is 12.0 Å². The van der Waals surface area contributed by atoms with Crippen LogP contribution in [0.15, 0.2) is 0 Å². The van der Waals surface area contributed by atoms with Crippen LogP contribution in [-0.2, 0) is 14.3 Å². The summed E-state index contributed by atoms with van der Waals surface area (Å²) in [5.41, 5.74) is 5.31. The average molecular weight is 287 g/mol. The summed E-state index contributed by atoms with van der Waals surface area (Å²) in [6.45, 7) is 7.94. The summed E-state index contributed by atoms with van der Waals surface area (Å²) in [6, 6.07) is -0.608. The summed E-state index contributed by atoms with van der Waals surface area (Å²) in [4.78, 5) is 25.1. The van der Waals surface area contributed by atoms with Crippen molar-refractivity contribution in [1.29, 1.82) is 0 Å². The molecule has 0 spiro atoms. The normalized spacial score (nSPS) is 17.5. The molecular formula is C13H25N3O4. The minimum atomic E-state index is -0.608. The second kappa shape index (κ2) is 7.44. The Kier molecular flexibility index (Phi) is 6.22. The third-order valence-electron chi connectivity index (χ3n) is 2.76. The van der Waals surface area contributed by atoms with Gasteiger partial charge in [-0.3, -0.25) is 4.79 Å². The number of nitrogens with zero attached hydrogens (tertiary/aromatic N) is 1. The molecule has 1 atom stereocenters. The maximum atomic E-state index is 12.0. The number of hydrogen-bond acceptors (Lipinski definition) is 5. The maximum Gasteiger partial charge on any atom is 0.407 e. The van der Waals surface area contributed by atoms with Crippen LogP contribution in [0.3, 0.4) is 0 Å². The van der Waals surface area contributed by atoms with E-state index >= 15 is 0 Å². The molecule has 20 heavy (non-hydrogen) atoms. The molecule has 3 N–H and O–H groups in total. The van der Waals surface area contributed by atoms with Crippen molar-refractivity contribution in [2.75, 3.05) is 32.8 Å². The van der Waals surface area contributed by atoms with Gasteiger partial charge in [0.05, 0.1) is 19.3 Å². The fourth-order valence-corrected chi connectivity index (χ4v) is 1.79. The molecule has 2 amide bonds. The Morgan fingerprint density at radius 3 is 2.50 bits per heavy atom. The molecule has 0 saturated carbocycles. The number of carbonyl (C=O) groups is 2. The van der Waals surface area contributed by atoms with Crippen LogP contribution < -0.4 is 11.1 Å². The Bertz CT molecular complexity index is 335. The third kappa shape index (κ3) is 6.21. The summed E-state index contributed by atoms with van der Waals surface area (Å²) < 4.78 is 10.3. The number of alkyl carbamates (subject to hydrolysis) is 1.